The number of aliphatic hydroxyl groups is 1. The van der Waals surface area contributed by atoms with Crippen molar-refractivity contribution in [3.05, 3.63) is 54.6 Å². The minimum atomic E-state index is -3.32. The molecule has 4 N–H and O–H groups in total. The van der Waals surface area contributed by atoms with E-state index in [2.05, 4.69) is 5.32 Å². The van der Waals surface area contributed by atoms with E-state index < -0.39 is 22.3 Å². The lowest BCUT2D eigenvalue weighted by Crippen LogP contribution is -2.42. The van der Waals surface area contributed by atoms with Crippen LogP contribution in [-0.2, 0) is 0 Å². The maximum atomic E-state index is 10.9. The molecule has 0 spiro atoms. The smallest absolute Gasteiger partial charge is 0.209 e. The van der Waals surface area contributed by atoms with E-state index in [4.69, 9.17) is 4.74 Å². The van der Waals surface area contributed by atoms with E-state index in [0.717, 1.165) is 0 Å². The zero-order chi connectivity index (χ0) is 17.2. The fourth-order valence-corrected chi connectivity index (χ4v) is 4.59. The zero-order valence-corrected chi connectivity index (χ0v) is 14.2. The summed E-state index contributed by atoms with van der Waals surface area (Å²) in [6, 6.07) is 16.4. The number of fused-ring (bicyclic) bond motifs is 1. The molecule has 1 heterocycles. The second-order valence-electron chi connectivity index (χ2n) is 5.65. The molecular formula is C17H22N2O4S. The van der Waals surface area contributed by atoms with Gasteiger partial charge in [0.15, 0.2) is 0 Å². The van der Waals surface area contributed by atoms with Crippen LogP contribution in [0.1, 0.15) is 6.42 Å². The van der Waals surface area contributed by atoms with Gasteiger partial charge in [0.25, 0.3) is 0 Å². The number of anilines is 2. The number of aliphatic hydroxyl groups excluding tert-OH is 1. The Morgan fingerprint density at radius 3 is 2.50 bits per heavy atom. The summed E-state index contributed by atoms with van der Waals surface area (Å²) in [5.74, 6) is 0.564. The summed E-state index contributed by atoms with van der Waals surface area (Å²) in [7, 11) is -1.59. The third-order valence-corrected chi connectivity index (χ3v) is 5.80. The standard InChI is InChI=1S/C17H22N2O4S/c1-18-12-14(20)11-17-23-16-10-6-5-9-15(16)19(24(17,21)22)13-7-3-2-4-8-13/h2-10,14,17-18,20-22H,11-12H2,1H3. The molecular weight excluding hydrogens is 328 g/mol. The van der Waals surface area contributed by atoms with Crippen molar-refractivity contribution in [2.24, 2.45) is 0 Å². The minimum Gasteiger partial charge on any atom is -0.466 e. The Hall–Kier alpha value is -1.77. The molecule has 0 fully saturated rings. The molecule has 6 nitrogen and oxygen atoms in total. The fourth-order valence-electron chi connectivity index (χ4n) is 2.77. The number of nitrogens with one attached hydrogen (secondary N) is 1. The van der Waals surface area contributed by atoms with E-state index in [1.807, 2.05) is 42.5 Å². The number of nitrogens with zero attached hydrogens (tertiary/aromatic N) is 1. The van der Waals surface area contributed by atoms with Gasteiger partial charge in [0, 0.05) is 13.0 Å². The van der Waals surface area contributed by atoms with E-state index >= 15 is 0 Å². The van der Waals surface area contributed by atoms with Gasteiger partial charge in [-0.15, -0.1) is 0 Å². The average molecular weight is 350 g/mol. The van der Waals surface area contributed by atoms with Crippen LogP contribution in [0, 0.1) is 0 Å². The molecule has 2 atom stereocenters. The van der Waals surface area contributed by atoms with Crippen molar-refractivity contribution in [2.45, 2.75) is 18.0 Å². The Labute approximate surface area is 143 Å². The second-order valence-corrected chi connectivity index (χ2v) is 7.67. The molecule has 1 aliphatic rings. The van der Waals surface area contributed by atoms with Gasteiger partial charge >= 0.3 is 0 Å². The minimum absolute atomic E-state index is 0.112. The van der Waals surface area contributed by atoms with Crippen LogP contribution in [0.25, 0.3) is 0 Å². The molecule has 0 aliphatic carbocycles. The van der Waals surface area contributed by atoms with E-state index in [1.165, 1.54) is 4.31 Å². The van der Waals surface area contributed by atoms with Gasteiger partial charge in [-0.3, -0.25) is 9.11 Å². The van der Waals surface area contributed by atoms with E-state index in [0.29, 0.717) is 23.7 Å². The lowest BCUT2D eigenvalue weighted by Gasteiger charge is -2.52. The SMILES string of the molecule is CNCC(O)CC1Oc2ccccc2N(c2ccccc2)S1(O)O. The van der Waals surface area contributed by atoms with Gasteiger partial charge in [-0.25, -0.2) is 4.31 Å². The fraction of sp³-hybridized carbons (Fsp3) is 0.294. The quantitative estimate of drug-likeness (QED) is 0.663. The molecule has 24 heavy (non-hydrogen) atoms. The van der Waals surface area contributed by atoms with E-state index in [1.54, 1.807) is 19.2 Å². The highest BCUT2D eigenvalue weighted by Crippen LogP contribution is 2.61. The van der Waals surface area contributed by atoms with Gasteiger partial charge in [0.2, 0.25) is 5.44 Å². The highest BCUT2D eigenvalue weighted by Gasteiger charge is 2.42. The summed E-state index contributed by atoms with van der Waals surface area (Å²) >= 11 is 0. The summed E-state index contributed by atoms with van der Waals surface area (Å²) in [6.07, 6.45) is -0.630. The summed E-state index contributed by atoms with van der Waals surface area (Å²) in [5.41, 5.74) is 0.348. The monoisotopic (exact) mass is 350 g/mol. The molecule has 2 unspecified atom stereocenters. The number of hydrogen-bond donors (Lipinski definition) is 4. The molecule has 2 aromatic carbocycles. The first-order valence-corrected chi connectivity index (χ1v) is 9.31. The molecule has 0 saturated heterocycles. The van der Waals surface area contributed by atoms with Crippen molar-refractivity contribution < 1.29 is 18.9 Å². The van der Waals surface area contributed by atoms with Gasteiger partial charge in [-0.1, -0.05) is 41.1 Å². The molecule has 0 radical (unpaired) electrons. The Morgan fingerprint density at radius 2 is 1.79 bits per heavy atom. The van der Waals surface area contributed by atoms with Gasteiger partial charge in [-0.2, -0.15) is 0 Å². The molecule has 1 aliphatic heterocycles. The van der Waals surface area contributed by atoms with Crippen LogP contribution in [0.2, 0.25) is 0 Å². The number of likely N-dealkylation sites (N-methyl/N-ethyl adjacent to an activating group) is 1. The van der Waals surface area contributed by atoms with Gasteiger partial charge < -0.3 is 15.2 Å². The number of benzene rings is 2. The molecule has 0 saturated carbocycles. The highest BCUT2D eigenvalue weighted by atomic mass is 32.3. The Morgan fingerprint density at radius 1 is 1.12 bits per heavy atom. The summed E-state index contributed by atoms with van der Waals surface area (Å²) < 4.78 is 29.2. The van der Waals surface area contributed by atoms with E-state index in [9.17, 15) is 14.2 Å². The third kappa shape index (κ3) is 3.22. The molecule has 0 aromatic heterocycles. The Balaban J connectivity index is 2.02. The first-order chi connectivity index (χ1) is 11.5. The maximum absolute atomic E-state index is 10.9. The van der Waals surface area contributed by atoms with Crippen LogP contribution < -0.4 is 14.4 Å². The molecule has 2 aromatic rings. The molecule has 0 bridgehead atoms. The lowest BCUT2D eigenvalue weighted by atomic mass is 10.2. The highest BCUT2D eigenvalue weighted by molar-refractivity contribution is 8.26. The predicted octanol–water partition coefficient (Wildman–Crippen LogP) is 3.18. The molecule has 3 rings (SSSR count). The average Bonchev–Trinajstić information content (AvgIpc) is 2.56. The largest absolute Gasteiger partial charge is 0.466 e. The Bertz CT molecular complexity index is 683. The van der Waals surface area contributed by atoms with Crippen molar-refractivity contribution in [3.8, 4) is 5.75 Å². The number of ether oxygens (including phenoxy) is 1. The zero-order valence-electron chi connectivity index (χ0n) is 13.4. The van der Waals surface area contributed by atoms with Crippen molar-refractivity contribution in [2.75, 3.05) is 17.9 Å². The van der Waals surface area contributed by atoms with Crippen LogP contribution in [0.5, 0.6) is 5.75 Å². The first kappa shape index (κ1) is 17.1. The van der Waals surface area contributed by atoms with Crippen LogP contribution in [-0.4, -0.2) is 39.3 Å². The topological polar surface area (TPSA) is 85.2 Å². The van der Waals surface area contributed by atoms with Crippen molar-refractivity contribution >= 4 is 22.2 Å². The van der Waals surface area contributed by atoms with Crippen LogP contribution in [0.4, 0.5) is 11.4 Å². The molecule has 7 heteroatoms. The summed E-state index contributed by atoms with van der Waals surface area (Å²) in [4.78, 5) is 0. The van der Waals surface area contributed by atoms with Crippen LogP contribution in [0.3, 0.4) is 0 Å². The van der Waals surface area contributed by atoms with Crippen molar-refractivity contribution in [1.82, 2.24) is 5.32 Å². The normalized spacial score (nSPS) is 21.5. The van der Waals surface area contributed by atoms with Gasteiger partial charge in [0.05, 0.1) is 11.8 Å². The van der Waals surface area contributed by atoms with Crippen LogP contribution >= 0.6 is 10.8 Å². The Kier molecular flexibility index (Phi) is 4.98. The lowest BCUT2D eigenvalue weighted by molar-refractivity contribution is 0.119. The number of hydrogen-bond acceptors (Lipinski definition) is 6. The van der Waals surface area contributed by atoms with Crippen LogP contribution in [0.15, 0.2) is 54.6 Å². The molecule has 130 valence electrons. The second kappa shape index (κ2) is 7.00. The summed E-state index contributed by atoms with van der Waals surface area (Å²) in [5, 5.41) is 12.9. The van der Waals surface area contributed by atoms with Gasteiger partial charge in [-0.05, 0) is 31.3 Å². The number of para-hydroxylation sites is 3. The van der Waals surface area contributed by atoms with Crippen molar-refractivity contribution in [3.63, 3.8) is 0 Å². The maximum Gasteiger partial charge on any atom is 0.209 e. The first-order valence-electron chi connectivity index (χ1n) is 7.74. The summed E-state index contributed by atoms with van der Waals surface area (Å²) in [6.45, 7) is 0.350. The predicted molar refractivity (Wildman–Crippen MR) is 96.8 cm³/mol. The van der Waals surface area contributed by atoms with Gasteiger partial charge in [0.1, 0.15) is 11.4 Å². The van der Waals surface area contributed by atoms with E-state index in [-0.39, 0.29) is 6.42 Å². The molecule has 0 amide bonds. The van der Waals surface area contributed by atoms with Crippen molar-refractivity contribution in [1.29, 1.82) is 0 Å². The number of rotatable bonds is 5. The third-order valence-electron chi connectivity index (χ3n) is 3.86.